The SMILES string of the molecule is CCOC(=O)C(COC)Oc1ccc(N(CC(C)C)C2CCCCC2)c([N+](=O)[O-])c1. The monoisotopic (exact) mass is 422 g/mol. The molecule has 8 nitrogen and oxygen atoms in total. The van der Waals surface area contributed by atoms with Crippen molar-refractivity contribution in [3.8, 4) is 5.75 Å². The number of nitro benzene ring substituents is 1. The fourth-order valence-corrected chi connectivity index (χ4v) is 3.90. The van der Waals surface area contributed by atoms with E-state index < -0.39 is 12.1 Å². The van der Waals surface area contributed by atoms with Gasteiger partial charge in [-0.25, -0.2) is 4.79 Å². The predicted molar refractivity (Wildman–Crippen MR) is 115 cm³/mol. The zero-order valence-corrected chi connectivity index (χ0v) is 18.5. The quantitative estimate of drug-likeness (QED) is 0.297. The Morgan fingerprint density at radius 1 is 1.27 bits per heavy atom. The number of carbonyl (C=O) groups excluding carboxylic acids is 1. The van der Waals surface area contributed by atoms with Crippen LogP contribution in [0, 0.1) is 16.0 Å². The predicted octanol–water partition coefficient (Wildman–Crippen LogP) is 4.35. The summed E-state index contributed by atoms with van der Waals surface area (Å²) < 4.78 is 15.7. The lowest BCUT2D eigenvalue weighted by Gasteiger charge is -2.37. The van der Waals surface area contributed by atoms with Gasteiger partial charge in [-0.1, -0.05) is 33.1 Å². The number of hydrogen-bond donors (Lipinski definition) is 0. The zero-order valence-electron chi connectivity index (χ0n) is 18.5. The average Bonchev–Trinajstić information content (AvgIpc) is 2.72. The van der Waals surface area contributed by atoms with Gasteiger partial charge in [0.1, 0.15) is 11.4 Å². The minimum absolute atomic E-state index is 0.00404. The smallest absolute Gasteiger partial charge is 0.349 e. The van der Waals surface area contributed by atoms with Gasteiger partial charge in [0.2, 0.25) is 6.10 Å². The van der Waals surface area contributed by atoms with E-state index in [0.29, 0.717) is 17.6 Å². The van der Waals surface area contributed by atoms with Gasteiger partial charge in [0, 0.05) is 19.7 Å². The van der Waals surface area contributed by atoms with Crippen LogP contribution in [0.2, 0.25) is 0 Å². The Hall–Kier alpha value is -2.35. The number of ether oxygens (including phenoxy) is 3. The lowest BCUT2D eigenvalue weighted by Crippen LogP contribution is -2.39. The third-order valence-corrected chi connectivity index (χ3v) is 5.18. The average molecular weight is 423 g/mol. The van der Waals surface area contributed by atoms with Gasteiger partial charge < -0.3 is 19.1 Å². The van der Waals surface area contributed by atoms with Crippen molar-refractivity contribution in [1.29, 1.82) is 0 Å². The van der Waals surface area contributed by atoms with Gasteiger partial charge in [0.25, 0.3) is 5.69 Å². The molecular weight excluding hydrogens is 388 g/mol. The summed E-state index contributed by atoms with van der Waals surface area (Å²) in [6.07, 6.45) is 4.61. The van der Waals surface area contributed by atoms with E-state index in [1.165, 1.54) is 19.6 Å². The highest BCUT2D eigenvalue weighted by molar-refractivity contribution is 5.75. The number of rotatable bonds is 11. The van der Waals surface area contributed by atoms with Crippen molar-refractivity contribution in [1.82, 2.24) is 0 Å². The van der Waals surface area contributed by atoms with E-state index in [2.05, 4.69) is 18.7 Å². The number of carbonyl (C=O) groups is 1. The summed E-state index contributed by atoms with van der Waals surface area (Å²) in [6, 6.07) is 5.11. The minimum atomic E-state index is -0.981. The molecule has 0 amide bonds. The molecular formula is C22H34N2O6. The van der Waals surface area contributed by atoms with Crippen LogP contribution < -0.4 is 9.64 Å². The molecule has 1 unspecified atom stereocenters. The molecule has 0 N–H and O–H groups in total. The van der Waals surface area contributed by atoms with Crippen molar-refractivity contribution in [3.05, 3.63) is 28.3 Å². The molecule has 0 bridgehead atoms. The molecule has 2 rings (SSSR count). The first-order chi connectivity index (χ1) is 14.4. The Morgan fingerprint density at radius 2 is 1.97 bits per heavy atom. The van der Waals surface area contributed by atoms with Gasteiger partial charge in [-0.2, -0.15) is 0 Å². The Labute approximate surface area is 178 Å². The molecule has 8 heteroatoms. The summed E-state index contributed by atoms with van der Waals surface area (Å²) in [5, 5.41) is 11.9. The summed E-state index contributed by atoms with van der Waals surface area (Å²) in [5.74, 6) is 0.0563. The molecule has 168 valence electrons. The number of nitrogens with zero attached hydrogens (tertiary/aromatic N) is 2. The van der Waals surface area contributed by atoms with Gasteiger partial charge in [0.05, 0.1) is 24.2 Å². The van der Waals surface area contributed by atoms with Crippen LogP contribution in [0.15, 0.2) is 18.2 Å². The molecule has 30 heavy (non-hydrogen) atoms. The maximum atomic E-state index is 12.1. The van der Waals surface area contributed by atoms with Gasteiger partial charge in [0.15, 0.2) is 0 Å². The highest BCUT2D eigenvalue weighted by atomic mass is 16.6. The van der Waals surface area contributed by atoms with Crippen molar-refractivity contribution in [2.24, 2.45) is 5.92 Å². The van der Waals surface area contributed by atoms with Crippen molar-refractivity contribution in [3.63, 3.8) is 0 Å². The molecule has 1 aromatic rings. The number of anilines is 1. The van der Waals surface area contributed by atoms with Crippen LogP contribution in [0.3, 0.4) is 0 Å². The van der Waals surface area contributed by atoms with E-state index in [0.717, 1.165) is 32.2 Å². The fourth-order valence-electron chi connectivity index (χ4n) is 3.90. The zero-order chi connectivity index (χ0) is 22.1. The lowest BCUT2D eigenvalue weighted by molar-refractivity contribution is -0.384. The first kappa shape index (κ1) is 23.9. The summed E-state index contributed by atoms with van der Waals surface area (Å²) >= 11 is 0. The summed E-state index contributed by atoms with van der Waals surface area (Å²) in [5.41, 5.74) is 0.589. The van der Waals surface area contributed by atoms with Crippen molar-refractivity contribution < 1.29 is 23.9 Å². The number of hydrogen-bond acceptors (Lipinski definition) is 7. The number of methoxy groups -OCH3 is 1. The Bertz CT molecular complexity index is 703. The van der Waals surface area contributed by atoms with E-state index in [4.69, 9.17) is 14.2 Å². The molecule has 0 aromatic heterocycles. The Kier molecular flexibility index (Phi) is 9.36. The Morgan fingerprint density at radius 3 is 2.53 bits per heavy atom. The molecule has 0 saturated heterocycles. The lowest BCUT2D eigenvalue weighted by atomic mass is 9.93. The van der Waals surface area contributed by atoms with Crippen molar-refractivity contribution >= 4 is 17.3 Å². The summed E-state index contributed by atoms with van der Waals surface area (Å²) in [6.45, 7) is 6.90. The fraction of sp³-hybridized carbons (Fsp3) is 0.682. The highest BCUT2D eigenvalue weighted by Gasteiger charge is 2.29. The van der Waals surface area contributed by atoms with Crippen LogP contribution in [0.4, 0.5) is 11.4 Å². The maximum absolute atomic E-state index is 12.1. The van der Waals surface area contributed by atoms with Crippen LogP contribution in [-0.2, 0) is 14.3 Å². The Balaban J connectivity index is 2.34. The maximum Gasteiger partial charge on any atom is 0.349 e. The van der Waals surface area contributed by atoms with Gasteiger partial charge >= 0.3 is 5.97 Å². The molecule has 1 aliphatic rings. The van der Waals surface area contributed by atoms with E-state index in [1.807, 2.05) is 0 Å². The van der Waals surface area contributed by atoms with Crippen LogP contribution >= 0.6 is 0 Å². The highest BCUT2D eigenvalue weighted by Crippen LogP contribution is 2.37. The van der Waals surface area contributed by atoms with E-state index in [1.54, 1.807) is 19.1 Å². The molecule has 0 spiro atoms. The van der Waals surface area contributed by atoms with E-state index in [-0.39, 0.29) is 29.6 Å². The molecule has 1 fully saturated rings. The second-order valence-corrected chi connectivity index (χ2v) is 8.06. The summed E-state index contributed by atoms with van der Waals surface area (Å²) in [4.78, 5) is 25.8. The normalized spacial score (nSPS) is 15.6. The third-order valence-electron chi connectivity index (χ3n) is 5.18. The largest absolute Gasteiger partial charge is 0.476 e. The van der Waals surface area contributed by atoms with Gasteiger partial charge in [-0.3, -0.25) is 10.1 Å². The topological polar surface area (TPSA) is 91.1 Å². The van der Waals surface area contributed by atoms with E-state index >= 15 is 0 Å². The van der Waals surface area contributed by atoms with Crippen LogP contribution in [0.1, 0.15) is 52.9 Å². The van der Waals surface area contributed by atoms with Crippen LogP contribution in [0.25, 0.3) is 0 Å². The first-order valence-corrected chi connectivity index (χ1v) is 10.7. The standard InChI is InChI=1S/C22H34N2O6/c1-5-29-22(25)21(15-28-4)30-18-11-12-19(20(13-18)24(26)27)23(14-16(2)3)17-9-7-6-8-10-17/h11-13,16-17,21H,5-10,14-15H2,1-4H3. The second kappa shape index (κ2) is 11.7. The molecule has 1 saturated carbocycles. The van der Waals surface area contributed by atoms with E-state index in [9.17, 15) is 14.9 Å². The van der Waals surface area contributed by atoms with Crippen LogP contribution in [-0.4, -0.2) is 49.9 Å². The van der Waals surface area contributed by atoms with Gasteiger partial charge in [-0.05, 0) is 37.8 Å². The molecule has 0 radical (unpaired) electrons. The number of benzene rings is 1. The van der Waals surface area contributed by atoms with Gasteiger partial charge in [-0.15, -0.1) is 0 Å². The molecule has 0 heterocycles. The van der Waals surface area contributed by atoms with Crippen molar-refractivity contribution in [2.45, 2.75) is 65.0 Å². The summed E-state index contributed by atoms with van der Waals surface area (Å²) in [7, 11) is 1.45. The minimum Gasteiger partial charge on any atom is -0.476 e. The molecule has 1 aromatic carbocycles. The number of esters is 1. The van der Waals surface area contributed by atoms with Crippen LogP contribution in [0.5, 0.6) is 5.75 Å². The molecule has 0 aliphatic heterocycles. The second-order valence-electron chi connectivity index (χ2n) is 8.06. The third kappa shape index (κ3) is 6.58. The molecule has 1 aliphatic carbocycles. The van der Waals surface area contributed by atoms with Crippen molar-refractivity contribution in [2.75, 3.05) is 31.8 Å². The first-order valence-electron chi connectivity index (χ1n) is 10.7. The molecule has 1 atom stereocenters. The number of nitro groups is 1.